The summed E-state index contributed by atoms with van der Waals surface area (Å²) in [6.07, 6.45) is 0.894. The van der Waals surface area contributed by atoms with E-state index in [1.807, 2.05) is 31.3 Å². The summed E-state index contributed by atoms with van der Waals surface area (Å²) in [6, 6.07) is 9.50. The van der Waals surface area contributed by atoms with Gasteiger partial charge in [-0.15, -0.1) is 5.10 Å². The van der Waals surface area contributed by atoms with Crippen molar-refractivity contribution in [3.8, 4) is 11.1 Å². The van der Waals surface area contributed by atoms with Crippen LogP contribution >= 0.6 is 11.9 Å². The molecule has 0 radical (unpaired) electrons. The minimum Gasteiger partial charge on any atom is -0.382 e. The lowest BCUT2D eigenvalue weighted by Crippen LogP contribution is -2.33. The van der Waals surface area contributed by atoms with Crippen molar-refractivity contribution in [2.24, 2.45) is 28.9 Å². The molecule has 1 fully saturated rings. The predicted molar refractivity (Wildman–Crippen MR) is 129 cm³/mol. The lowest BCUT2D eigenvalue weighted by molar-refractivity contribution is 0.633. The highest BCUT2D eigenvalue weighted by molar-refractivity contribution is 7.97. The third kappa shape index (κ3) is 4.05. The highest BCUT2D eigenvalue weighted by Gasteiger charge is 2.25. The number of benzene rings is 2. The van der Waals surface area contributed by atoms with Gasteiger partial charge in [-0.1, -0.05) is 18.2 Å². The number of aryl methyl sites for hydroxylation is 1. The first-order valence-corrected chi connectivity index (χ1v) is 11.9. The van der Waals surface area contributed by atoms with E-state index >= 15 is 0 Å². The number of hydrazone groups is 1. The van der Waals surface area contributed by atoms with Crippen LogP contribution in [0.4, 0.5) is 5.95 Å². The zero-order chi connectivity index (χ0) is 22.8. The third-order valence-electron chi connectivity index (χ3n) is 5.45. The Morgan fingerprint density at radius 1 is 1.34 bits per heavy atom. The Balaban J connectivity index is 1.91. The maximum Gasteiger partial charge on any atom is 0.200 e. The molecule has 0 aliphatic carbocycles. The zero-order valence-electron chi connectivity index (χ0n) is 17.5. The lowest BCUT2D eigenvalue weighted by Gasteiger charge is -2.18. The number of rotatable bonds is 7. The van der Waals surface area contributed by atoms with Gasteiger partial charge in [0.2, 0.25) is 5.95 Å². The summed E-state index contributed by atoms with van der Waals surface area (Å²) in [5, 5.41) is 13.3. The van der Waals surface area contributed by atoms with Gasteiger partial charge in [-0.2, -0.15) is 0 Å². The van der Waals surface area contributed by atoms with Crippen molar-refractivity contribution in [3.05, 3.63) is 35.9 Å². The molecule has 1 aromatic heterocycles. The molecule has 32 heavy (non-hydrogen) atoms. The SMILES string of the molecule is Cn1c(N)nc2c(-c3ccc(S(=O)NC4CCNC4)c(SN)c3/C(N)=N/NN)cccc21. The van der Waals surface area contributed by atoms with E-state index in [0.29, 0.717) is 26.8 Å². The summed E-state index contributed by atoms with van der Waals surface area (Å²) in [5.41, 5.74) is 18.2. The van der Waals surface area contributed by atoms with Gasteiger partial charge in [-0.3, -0.25) is 5.14 Å². The fourth-order valence-corrected chi connectivity index (χ4v) is 5.83. The highest BCUT2D eigenvalue weighted by Crippen LogP contribution is 2.37. The Labute approximate surface area is 192 Å². The zero-order valence-corrected chi connectivity index (χ0v) is 19.1. The average Bonchev–Trinajstić information content (AvgIpc) is 3.40. The van der Waals surface area contributed by atoms with Crippen molar-refractivity contribution in [2.75, 3.05) is 18.8 Å². The number of hydrogen-bond donors (Lipinski definition) is 7. The average molecular weight is 475 g/mol. The van der Waals surface area contributed by atoms with Crippen LogP contribution in [-0.4, -0.2) is 38.7 Å². The van der Waals surface area contributed by atoms with Crippen LogP contribution in [0.5, 0.6) is 0 Å². The Bertz CT molecular complexity index is 1200. The number of aromatic nitrogens is 2. The summed E-state index contributed by atoms with van der Waals surface area (Å²) >= 11 is 0.957. The van der Waals surface area contributed by atoms with Crippen molar-refractivity contribution in [2.45, 2.75) is 22.3 Å². The summed E-state index contributed by atoms with van der Waals surface area (Å²) in [7, 11) is 0.348. The number of fused-ring (bicyclic) bond motifs is 1. The number of nitrogen functional groups attached to an aromatic ring is 1. The third-order valence-corrected chi connectivity index (χ3v) is 7.53. The molecule has 1 aliphatic rings. The monoisotopic (exact) mass is 474 g/mol. The molecule has 2 unspecified atom stereocenters. The van der Waals surface area contributed by atoms with Gasteiger partial charge in [0.25, 0.3) is 0 Å². The lowest BCUT2D eigenvalue weighted by atomic mass is 9.97. The molecule has 13 heteroatoms. The predicted octanol–water partition coefficient (Wildman–Crippen LogP) is -0.154. The summed E-state index contributed by atoms with van der Waals surface area (Å²) in [5.74, 6) is 5.90. The van der Waals surface area contributed by atoms with Crippen LogP contribution in [0.15, 0.2) is 45.2 Å². The van der Waals surface area contributed by atoms with Crippen LogP contribution in [-0.2, 0) is 18.0 Å². The second kappa shape index (κ2) is 9.44. The maximum absolute atomic E-state index is 13.2. The number of imidazole rings is 1. The van der Waals surface area contributed by atoms with Gasteiger partial charge in [0.05, 0.1) is 20.8 Å². The molecule has 3 aromatic rings. The number of para-hydroxylation sites is 1. The normalized spacial score (nSPS) is 17.7. The largest absolute Gasteiger partial charge is 0.382 e. The minimum absolute atomic E-state index is 0.108. The molecule has 2 aromatic carbocycles. The molecule has 11 N–H and O–H groups in total. The second-order valence-corrected chi connectivity index (χ2v) is 9.19. The summed E-state index contributed by atoms with van der Waals surface area (Å²) in [6.45, 7) is 1.64. The quantitative estimate of drug-likeness (QED) is 0.0803. The number of hydrazine groups is 1. The smallest absolute Gasteiger partial charge is 0.200 e. The van der Waals surface area contributed by atoms with E-state index in [9.17, 15) is 4.21 Å². The van der Waals surface area contributed by atoms with Crippen LogP contribution < -0.4 is 38.0 Å². The topological polar surface area (TPSA) is 187 Å². The van der Waals surface area contributed by atoms with Crippen molar-refractivity contribution in [3.63, 3.8) is 0 Å². The number of amidine groups is 1. The number of hydrogen-bond acceptors (Lipinski definition) is 9. The standard InChI is InChI=1S/C19H26N10OS2/c1-29-13-4-2-3-12(16(13)25-19(29)21)11-5-6-14(32(30)27-10-7-8-24-9-10)17(31-23)15(11)18(20)26-28-22/h2-6,10,24,27-28H,7-9,22-23H2,1H3,(H2,20,26)(H2,21,25). The number of nitrogens with two attached hydrogens (primary N) is 4. The first-order valence-electron chi connectivity index (χ1n) is 9.89. The van der Waals surface area contributed by atoms with Gasteiger partial charge in [-0.05, 0) is 42.6 Å². The Kier molecular flexibility index (Phi) is 6.64. The molecule has 0 amide bonds. The maximum atomic E-state index is 13.2. The number of nitrogens with zero attached hydrogens (tertiary/aromatic N) is 3. The molecule has 0 saturated carbocycles. The second-order valence-electron chi connectivity index (χ2n) is 7.34. The number of anilines is 1. The molecule has 0 spiro atoms. The molecule has 170 valence electrons. The van der Waals surface area contributed by atoms with E-state index < -0.39 is 11.0 Å². The van der Waals surface area contributed by atoms with E-state index in [4.69, 9.17) is 22.4 Å². The Morgan fingerprint density at radius 2 is 2.16 bits per heavy atom. The van der Waals surface area contributed by atoms with E-state index in [-0.39, 0.29) is 11.9 Å². The van der Waals surface area contributed by atoms with Crippen molar-refractivity contribution >= 4 is 45.8 Å². The fraction of sp³-hybridized carbons (Fsp3) is 0.263. The van der Waals surface area contributed by atoms with Gasteiger partial charge < -0.3 is 21.4 Å². The molecular formula is C19H26N10OS2. The Hall–Kier alpha value is -2.68. The van der Waals surface area contributed by atoms with E-state index in [1.54, 1.807) is 10.6 Å². The van der Waals surface area contributed by atoms with Gasteiger partial charge >= 0.3 is 0 Å². The van der Waals surface area contributed by atoms with Crippen molar-refractivity contribution in [1.82, 2.24) is 25.1 Å². The molecular weight excluding hydrogens is 448 g/mol. The minimum atomic E-state index is -1.50. The first-order chi connectivity index (χ1) is 15.5. The molecule has 4 rings (SSSR count). The van der Waals surface area contributed by atoms with Crippen molar-refractivity contribution < 1.29 is 4.21 Å². The van der Waals surface area contributed by atoms with Gasteiger partial charge in [-0.25, -0.2) is 25.3 Å². The molecule has 1 saturated heterocycles. The molecule has 11 nitrogen and oxygen atoms in total. The van der Waals surface area contributed by atoms with Crippen molar-refractivity contribution in [1.29, 1.82) is 0 Å². The van der Waals surface area contributed by atoms with E-state index in [2.05, 4.69) is 25.7 Å². The van der Waals surface area contributed by atoms with Crippen LogP contribution in [0.3, 0.4) is 0 Å². The summed E-state index contributed by atoms with van der Waals surface area (Å²) in [4.78, 5) is 5.58. The summed E-state index contributed by atoms with van der Waals surface area (Å²) < 4.78 is 18.1. The van der Waals surface area contributed by atoms with Crippen LogP contribution in [0, 0.1) is 0 Å². The van der Waals surface area contributed by atoms with Crippen LogP contribution in [0.1, 0.15) is 12.0 Å². The van der Waals surface area contributed by atoms with Gasteiger partial charge in [0.15, 0.2) is 5.84 Å². The first kappa shape index (κ1) is 22.5. The molecule has 1 aliphatic heterocycles. The van der Waals surface area contributed by atoms with E-state index in [1.165, 1.54) is 0 Å². The van der Waals surface area contributed by atoms with Crippen LogP contribution in [0.25, 0.3) is 22.2 Å². The fourth-order valence-electron chi connectivity index (χ4n) is 3.85. The van der Waals surface area contributed by atoms with Gasteiger partial charge in [0.1, 0.15) is 11.0 Å². The highest BCUT2D eigenvalue weighted by atomic mass is 32.2. The molecule has 2 atom stereocenters. The number of nitrogens with one attached hydrogen (secondary N) is 3. The van der Waals surface area contributed by atoms with E-state index in [0.717, 1.165) is 48.1 Å². The molecule has 2 heterocycles. The Morgan fingerprint density at radius 3 is 2.84 bits per heavy atom. The van der Waals surface area contributed by atoms with Crippen LogP contribution in [0.2, 0.25) is 0 Å². The van der Waals surface area contributed by atoms with Gasteiger partial charge in [0, 0.05) is 30.8 Å². The molecule has 0 bridgehead atoms.